The molecule has 160 valence electrons. The summed E-state index contributed by atoms with van der Waals surface area (Å²) in [5.74, 6) is 0.910. The van der Waals surface area contributed by atoms with E-state index in [0.717, 1.165) is 66.3 Å². The molecule has 0 radical (unpaired) electrons. The van der Waals surface area contributed by atoms with Gasteiger partial charge in [0.05, 0.1) is 12.8 Å². The Morgan fingerprint density at radius 3 is 2.63 bits per heavy atom. The van der Waals surface area contributed by atoms with Gasteiger partial charge in [0.1, 0.15) is 5.75 Å². The summed E-state index contributed by atoms with van der Waals surface area (Å²) >= 11 is 0. The predicted molar refractivity (Wildman–Crippen MR) is 117 cm³/mol. The molecule has 2 aromatic rings. The SMILES string of the molecule is CCc1c(C)[nH]c2c1C(=O)C(CC(=O)N1CCN(c3ccccc3OC)CC1)CC2. The number of carbonyl (C=O) groups excluding carboxylic acids is 2. The topological polar surface area (TPSA) is 65.6 Å². The Labute approximate surface area is 178 Å². The Hall–Kier alpha value is -2.76. The highest BCUT2D eigenvalue weighted by atomic mass is 16.5. The molecule has 6 heteroatoms. The van der Waals surface area contributed by atoms with Crippen LogP contribution < -0.4 is 9.64 Å². The molecular weight excluding hydrogens is 378 g/mol. The number of benzene rings is 1. The van der Waals surface area contributed by atoms with Crippen LogP contribution in [0.1, 0.15) is 47.1 Å². The van der Waals surface area contributed by atoms with Gasteiger partial charge < -0.3 is 19.5 Å². The number of Topliss-reactive ketones (excluding diaryl/α,β-unsaturated/α-hetero) is 1. The molecule has 2 aliphatic rings. The number of aromatic amines is 1. The molecule has 1 aliphatic carbocycles. The third-order valence-electron chi connectivity index (χ3n) is 6.59. The minimum absolute atomic E-state index is 0.0989. The molecule has 30 heavy (non-hydrogen) atoms. The fraction of sp³-hybridized carbons (Fsp3) is 0.500. The van der Waals surface area contributed by atoms with Gasteiger partial charge in [-0.05, 0) is 43.9 Å². The van der Waals surface area contributed by atoms with Gasteiger partial charge in [-0.25, -0.2) is 0 Å². The molecule has 1 fully saturated rings. The Bertz CT molecular complexity index is 941. The van der Waals surface area contributed by atoms with E-state index in [1.54, 1.807) is 7.11 Å². The van der Waals surface area contributed by atoms with Crippen molar-refractivity contribution in [2.24, 2.45) is 5.92 Å². The number of hydrogen-bond donors (Lipinski definition) is 1. The molecule has 0 spiro atoms. The average Bonchev–Trinajstić information content (AvgIpc) is 3.11. The van der Waals surface area contributed by atoms with Gasteiger partial charge in [0.2, 0.25) is 5.91 Å². The number of rotatable bonds is 5. The largest absolute Gasteiger partial charge is 0.495 e. The number of aryl methyl sites for hydroxylation is 2. The van der Waals surface area contributed by atoms with E-state index in [2.05, 4.69) is 22.9 Å². The lowest BCUT2D eigenvalue weighted by Gasteiger charge is -2.37. The summed E-state index contributed by atoms with van der Waals surface area (Å²) in [5.41, 5.74) is 5.20. The van der Waals surface area contributed by atoms with Gasteiger partial charge in [-0.2, -0.15) is 0 Å². The standard InChI is InChI=1S/C24H31N3O3/c1-4-18-16(2)25-19-10-9-17(24(29)23(18)19)15-22(28)27-13-11-26(12-14-27)20-7-5-6-8-21(20)30-3/h5-8,17,25H,4,9-15H2,1-3H3. The van der Waals surface area contributed by atoms with Crippen LogP contribution in [0.2, 0.25) is 0 Å². The van der Waals surface area contributed by atoms with Crippen LogP contribution in [0.5, 0.6) is 5.75 Å². The molecule has 1 saturated heterocycles. The highest BCUT2D eigenvalue weighted by Gasteiger charge is 2.34. The lowest BCUT2D eigenvalue weighted by Crippen LogP contribution is -2.49. The number of nitrogens with one attached hydrogen (secondary N) is 1. The molecule has 6 nitrogen and oxygen atoms in total. The van der Waals surface area contributed by atoms with Crippen molar-refractivity contribution in [2.75, 3.05) is 38.2 Å². The van der Waals surface area contributed by atoms with E-state index in [1.807, 2.05) is 30.0 Å². The summed E-state index contributed by atoms with van der Waals surface area (Å²) in [6, 6.07) is 7.98. The van der Waals surface area contributed by atoms with E-state index in [1.165, 1.54) is 0 Å². The van der Waals surface area contributed by atoms with Crippen molar-refractivity contribution in [3.8, 4) is 5.75 Å². The van der Waals surface area contributed by atoms with Gasteiger partial charge in [0.15, 0.2) is 5.78 Å². The quantitative estimate of drug-likeness (QED) is 0.822. The van der Waals surface area contributed by atoms with Crippen molar-refractivity contribution in [3.63, 3.8) is 0 Å². The van der Waals surface area contributed by atoms with Gasteiger partial charge in [0.25, 0.3) is 0 Å². The second-order valence-electron chi connectivity index (χ2n) is 8.28. The number of amides is 1. The molecule has 0 bridgehead atoms. The van der Waals surface area contributed by atoms with E-state index < -0.39 is 0 Å². The normalized spacial score (nSPS) is 19.0. The van der Waals surface area contributed by atoms with Crippen LogP contribution in [0.25, 0.3) is 0 Å². The van der Waals surface area contributed by atoms with E-state index in [0.29, 0.717) is 19.5 Å². The number of anilines is 1. The van der Waals surface area contributed by atoms with Crippen molar-refractivity contribution in [1.82, 2.24) is 9.88 Å². The summed E-state index contributed by atoms with van der Waals surface area (Å²) in [6.07, 6.45) is 2.76. The first-order valence-corrected chi connectivity index (χ1v) is 10.9. The maximum Gasteiger partial charge on any atom is 0.223 e. The molecule has 1 N–H and O–H groups in total. The second kappa shape index (κ2) is 8.54. The van der Waals surface area contributed by atoms with Crippen LogP contribution in [0, 0.1) is 12.8 Å². The number of nitrogens with zero attached hydrogens (tertiary/aromatic N) is 2. The number of ether oxygens (including phenoxy) is 1. The third kappa shape index (κ3) is 3.71. The molecule has 2 heterocycles. The maximum atomic E-state index is 13.1. The number of ketones is 1. The van der Waals surface area contributed by atoms with Crippen LogP contribution in [0.15, 0.2) is 24.3 Å². The van der Waals surface area contributed by atoms with Crippen LogP contribution >= 0.6 is 0 Å². The first kappa shape index (κ1) is 20.5. The average molecular weight is 410 g/mol. The fourth-order valence-electron chi connectivity index (χ4n) is 4.94. The molecule has 1 atom stereocenters. The third-order valence-corrected chi connectivity index (χ3v) is 6.59. The molecule has 1 aliphatic heterocycles. The first-order chi connectivity index (χ1) is 14.5. The molecule has 1 aromatic heterocycles. The lowest BCUT2D eigenvalue weighted by molar-refractivity contribution is -0.132. The zero-order valence-corrected chi connectivity index (χ0v) is 18.2. The van der Waals surface area contributed by atoms with Crippen LogP contribution in [0.3, 0.4) is 0 Å². The van der Waals surface area contributed by atoms with E-state index >= 15 is 0 Å². The zero-order valence-electron chi connectivity index (χ0n) is 18.2. The van der Waals surface area contributed by atoms with Crippen molar-refractivity contribution >= 4 is 17.4 Å². The summed E-state index contributed by atoms with van der Waals surface area (Å²) in [5, 5.41) is 0. The Morgan fingerprint density at radius 2 is 1.93 bits per heavy atom. The number of para-hydroxylation sites is 2. The monoisotopic (exact) mass is 409 g/mol. The van der Waals surface area contributed by atoms with Crippen LogP contribution in [-0.2, 0) is 17.6 Å². The van der Waals surface area contributed by atoms with Gasteiger partial charge in [0, 0.05) is 55.5 Å². The Balaban J connectivity index is 1.38. The van der Waals surface area contributed by atoms with E-state index in [-0.39, 0.29) is 17.6 Å². The number of aromatic nitrogens is 1. The predicted octanol–water partition coefficient (Wildman–Crippen LogP) is 3.38. The van der Waals surface area contributed by atoms with E-state index in [9.17, 15) is 9.59 Å². The minimum atomic E-state index is -0.197. The number of piperazine rings is 1. The van der Waals surface area contributed by atoms with E-state index in [4.69, 9.17) is 4.74 Å². The van der Waals surface area contributed by atoms with Gasteiger partial charge in [-0.1, -0.05) is 19.1 Å². The van der Waals surface area contributed by atoms with Gasteiger partial charge in [-0.15, -0.1) is 0 Å². The number of fused-ring (bicyclic) bond motifs is 1. The number of hydrogen-bond acceptors (Lipinski definition) is 4. The lowest BCUT2D eigenvalue weighted by atomic mass is 9.82. The second-order valence-corrected chi connectivity index (χ2v) is 8.28. The maximum absolute atomic E-state index is 13.1. The summed E-state index contributed by atoms with van der Waals surface area (Å²) < 4.78 is 5.47. The first-order valence-electron chi connectivity index (χ1n) is 10.9. The highest BCUT2D eigenvalue weighted by Crippen LogP contribution is 2.33. The van der Waals surface area contributed by atoms with Gasteiger partial charge >= 0.3 is 0 Å². The number of H-pyrrole nitrogens is 1. The summed E-state index contributed by atoms with van der Waals surface area (Å²) in [4.78, 5) is 33.7. The smallest absolute Gasteiger partial charge is 0.223 e. The molecule has 1 amide bonds. The zero-order chi connectivity index (χ0) is 21.3. The Morgan fingerprint density at radius 1 is 1.20 bits per heavy atom. The fourth-order valence-corrected chi connectivity index (χ4v) is 4.94. The van der Waals surface area contributed by atoms with Crippen molar-refractivity contribution in [2.45, 2.75) is 39.5 Å². The van der Waals surface area contributed by atoms with Gasteiger partial charge in [-0.3, -0.25) is 9.59 Å². The molecule has 1 aromatic carbocycles. The molecule has 4 rings (SSSR count). The summed E-state index contributed by atoms with van der Waals surface area (Å²) in [6.45, 7) is 7.00. The summed E-state index contributed by atoms with van der Waals surface area (Å²) in [7, 11) is 1.68. The van der Waals surface area contributed by atoms with Crippen molar-refractivity contribution in [3.05, 3.63) is 46.8 Å². The molecule has 1 unspecified atom stereocenters. The van der Waals surface area contributed by atoms with Crippen LogP contribution in [0.4, 0.5) is 5.69 Å². The number of methoxy groups -OCH3 is 1. The Kier molecular flexibility index (Phi) is 5.84. The molecular formula is C24H31N3O3. The van der Waals surface area contributed by atoms with Crippen molar-refractivity contribution in [1.29, 1.82) is 0 Å². The number of carbonyl (C=O) groups is 2. The van der Waals surface area contributed by atoms with Crippen molar-refractivity contribution < 1.29 is 14.3 Å². The molecule has 0 saturated carbocycles. The van der Waals surface area contributed by atoms with Crippen LogP contribution in [-0.4, -0.2) is 54.9 Å². The highest BCUT2D eigenvalue weighted by molar-refractivity contribution is 6.03. The minimum Gasteiger partial charge on any atom is -0.495 e.